The van der Waals surface area contributed by atoms with Crippen LogP contribution < -0.4 is 10.6 Å². The van der Waals surface area contributed by atoms with Gasteiger partial charge in [-0.2, -0.15) is 0 Å². The number of halogens is 1. The smallest absolute Gasteiger partial charge is 0.274 e. The maximum Gasteiger partial charge on any atom is 0.274 e. The summed E-state index contributed by atoms with van der Waals surface area (Å²) in [6, 6.07) is 17.0. The van der Waals surface area contributed by atoms with E-state index in [2.05, 4.69) is 20.6 Å². The number of hydrogen-bond donors (Lipinski definition) is 2. The molecule has 3 aromatic rings. The van der Waals surface area contributed by atoms with Crippen molar-refractivity contribution in [3.63, 3.8) is 0 Å². The molecule has 1 aromatic heterocycles. The fraction of sp³-hybridized carbons (Fsp3) is 0.0556. The SMILES string of the molecule is O=C(Nc1cccc(F)c1)c1ccnc(NCc2ccccc2)n1. The predicted octanol–water partition coefficient (Wildman–Crippen LogP) is 3.48. The lowest BCUT2D eigenvalue weighted by molar-refractivity contribution is 0.102. The molecule has 0 atom stereocenters. The van der Waals surface area contributed by atoms with Crippen LogP contribution in [0.3, 0.4) is 0 Å². The van der Waals surface area contributed by atoms with E-state index in [0.717, 1.165) is 5.56 Å². The number of amides is 1. The fourth-order valence-corrected chi connectivity index (χ4v) is 2.11. The topological polar surface area (TPSA) is 66.9 Å². The van der Waals surface area contributed by atoms with Gasteiger partial charge in [-0.05, 0) is 29.8 Å². The molecule has 3 rings (SSSR count). The second kappa shape index (κ2) is 7.32. The maximum absolute atomic E-state index is 13.2. The number of aromatic nitrogens is 2. The standard InChI is InChI=1S/C18H15FN4O/c19-14-7-4-8-15(11-14)22-17(24)16-9-10-20-18(23-16)21-12-13-5-2-1-3-6-13/h1-11H,12H2,(H,22,24)(H,20,21,23). The van der Waals surface area contributed by atoms with E-state index in [1.54, 1.807) is 6.07 Å². The molecule has 0 radical (unpaired) electrons. The van der Waals surface area contributed by atoms with Crippen molar-refractivity contribution >= 4 is 17.5 Å². The van der Waals surface area contributed by atoms with Gasteiger partial charge in [0.15, 0.2) is 0 Å². The second-order valence-electron chi connectivity index (χ2n) is 5.07. The molecular weight excluding hydrogens is 307 g/mol. The Balaban J connectivity index is 1.67. The van der Waals surface area contributed by atoms with E-state index in [9.17, 15) is 9.18 Å². The molecular formula is C18H15FN4O. The Labute approximate surface area is 138 Å². The van der Waals surface area contributed by atoms with Crippen LogP contribution in [0.4, 0.5) is 16.0 Å². The van der Waals surface area contributed by atoms with Crippen molar-refractivity contribution in [1.29, 1.82) is 0 Å². The van der Waals surface area contributed by atoms with Gasteiger partial charge in [0.1, 0.15) is 11.5 Å². The van der Waals surface area contributed by atoms with Crippen LogP contribution in [0.25, 0.3) is 0 Å². The van der Waals surface area contributed by atoms with Gasteiger partial charge in [0.25, 0.3) is 5.91 Å². The minimum atomic E-state index is -0.425. The van der Waals surface area contributed by atoms with E-state index in [4.69, 9.17) is 0 Å². The molecule has 120 valence electrons. The Morgan fingerprint density at radius 1 is 1.04 bits per heavy atom. The highest BCUT2D eigenvalue weighted by molar-refractivity contribution is 6.02. The molecule has 6 heteroatoms. The Hall–Kier alpha value is -3.28. The minimum absolute atomic E-state index is 0.199. The average Bonchev–Trinajstić information content (AvgIpc) is 2.61. The molecule has 0 unspecified atom stereocenters. The molecule has 5 nitrogen and oxygen atoms in total. The third-order valence-corrected chi connectivity index (χ3v) is 3.26. The summed E-state index contributed by atoms with van der Waals surface area (Å²) in [5.74, 6) is -0.489. The molecule has 0 bridgehead atoms. The molecule has 1 amide bonds. The summed E-state index contributed by atoms with van der Waals surface area (Å²) in [5.41, 5.74) is 1.65. The van der Waals surface area contributed by atoms with E-state index in [1.807, 2.05) is 30.3 Å². The van der Waals surface area contributed by atoms with E-state index < -0.39 is 11.7 Å². The molecule has 0 saturated heterocycles. The molecule has 2 aromatic carbocycles. The number of nitrogens with zero attached hydrogens (tertiary/aromatic N) is 2. The number of anilines is 2. The Morgan fingerprint density at radius 3 is 2.67 bits per heavy atom. The first-order valence-electron chi connectivity index (χ1n) is 7.38. The van der Waals surface area contributed by atoms with E-state index >= 15 is 0 Å². The number of nitrogens with one attached hydrogen (secondary N) is 2. The van der Waals surface area contributed by atoms with Gasteiger partial charge in [0, 0.05) is 18.4 Å². The van der Waals surface area contributed by atoms with Crippen LogP contribution in [0.15, 0.2) is 66.9 Å². The van der Waals surface area contributed by atoms with Gasteiger partial charge in [0.2, 0.25) is 5.95 Å². The van der Waals surface area contributed by atoms with Gasteiger partial charge >= 0.3 is 0 Å². The molecule has 1 heterocycles. The predicted molar refractivity (Wildman–Crippen MR) is 90.2 cm³/mol. The zero-order chi connectivity index (χ0) is 16.8. The normalized spacial score (nSPS) is 10.2. The molecule has 0 aliphatic carbocycles. The van der Waals surface area contributed by atoms with Gasteiger partial charge in [0.05, 0.1) is 0 Å². The number of carbonyl (C=O) groups excluding carboxylic acids is 1. The molecule has 2 N–H and O–H groups in total. The van der Waals surface area contributed by atoms with Gasteiger partial charge in [-0.25, -0.2) is 14.4 Å². The van der Waals surface area contributed by atoms with Gasteiger partial charge < -0.3 is 10.6 Å². The van der Waals surface area contributed by atoms with Crippen molar-refractivity contribution in [3.8, 4) is 0 Å². The first-order chi connectivity index (χ1) is 11.7. The summed E-state index contributed by atoms with van der Waals surface area (Å²) in [4.78, 5) is 20.5. The van der Waals surface area contributed by atoms with Crippen LogP contribution in [-0.4, -0.2) is 15.9 Å². The zero-order valence-corrected chi connectivity index (χ0v) is 12.7. The second-order valence-corrected chi connectivity index (χ2v) is 5.07. The van der Waals surface area contributed by atoms with Gasteiger partial charge in [-0.3, -0.25) is 4.79 Å². The first-order valence-corrected chi connectivity index (χ1v) is 7.38. The minimum Gasteiger partial charge on any atom is -0.350 e. The number of hydrogen-bond acceptors (Lipinski definition) is 4. The van der Waals surface area contributed by atoms with Crippen molar-refractivity contribution in [3.05, 3.63) is 83.9 Å². The van der Waals surface area contributed by atoms with Crippen molar-refractivity contribution in [2.45, 2.75) is 6.54 Å². The molecule has 0 aliphatic rings. The summed E-state index contributed by atoms with van der Waals surface area (Å²) in [5, 5.41) is 5.67. The summed E-state index contributed by atoms with van der Waals surface area (Å²) in [6.07, 6.45) is 1.50. The summed E-state index contributed by atoms with van der Waals surface area (Å²) >= 11 is 0. The largest absolute Gasteiger partial charge is 0.350 e. The zero-order valence-electron chi connectivity index (χ0n) is 12.7. The average molecular weight is 322 g/mol. The highest BCUT2D eigenvalue weighted by Crippen LogP contribution is 2.11. The monoisotopic (exact) mass is 322 g/mol. The Morgan fingerprint density at radius 2 is 1.88 bits per heavy atom. The summed E-state index contributed by atoms with van der Waals surface area (Å²) in [6.45, 7) is 0.551. The van der Waals surface area contributed by atoms with Crippen molar-refractivity contribution in [1.82, 2.24) is 9.97 Å². The van der Waals surface area contributed by atoms with Crippen molar-refractivity contribution in [2.75, 3.05) is 10.6 Å². The fourth-order valence-electron chi connectivity index (χ4n) is 2.11. The lowest BCUT2D eigenvalue weighted by atomic mass is 10.2. The van der Waals surface area contributed by atoms with Gasteiger partial charge in [-0.15, -0.1) is 0 Å². The maximum atomic E-state index is 13.2. The third-order valence-electron chi connectivity index (χ3n) is 3.26. The molecule has 0 aliphatic heterocycles. The lowest BCUT2D eigenvalue weighted by Crippen LogP contribution is -2.15. The number of carbonyl (C=O) groups is 1. The molecule has 0 fully saturated rings. The van der Waals surface area contributed by atoms with Crippen LogP contribution >= 0.6 is 0 Å². The molecule has 0 saturated carbocycles. The Kier molecular flexibility index (Phi) is 4.76. The number of rotatable bonds is 5. The van der Waals surface area contributed by atoms with Crippen LogP contribution in [-0.2, 0) is 6.54 Å². The van der Waals surface area contributed by atoms with Gasteiger partial charge in [-0.1, -0.05) is 36.4 Å². The number of benzene rings is 2. The highest BCUT2D eigenvalue weighted by atomic mass is 19.1. The highest BCUT2D eigenvalue weighted by Gasteiger charge is 2.09. The third kappa shape index (κ3) is 4.13. The molecule has 0 spiro atoms. The van der Waals surface area contributed by atoms with Crippen molar-refractivity contribution in [2.24, 2.45) is 0 Å². The summed E-state index contributed by atoms with van der Waals surface area (Å²) < 4.78 is 13.2. The van der Waals surface area contributed by atoms with Crippen LogP contribution in [0.5, 0.6) is 0 Å². The summed E-state index contributed by atoms with van der Waals surface area (Å²) in [7, 11) is 0. The quantitative estimate of drug-likeness (QED) is 0.755. The lowest BCUT2D eigenvalue weighted by Gasteiger charge is -2.07. The van der Waals surface area contributed by atoms with E-state index in [-0.39, 0.29) is 5.69 Å². The first kappa shape index (κ1) is 15.6. The van der Waals surface area contributed by atoms with Crippen LogP contribution in [0.2, 0.25) is 0 Å². The van der Waals surface area contributed by atoms with Crippen LogP contribution in [0.1, 0.15) is 16.1 Å². The molecule has 24 heavy (non-hydrogen) atoms. The Bertz CT molecular complexity index is 839. The van der Waals surface area contributed by atoms with E-state index in [1.165, 1.54) is 30.5 Å². The van der Waals surface area contributed by atoms with E-state index in [0.29, 0.717) is 18.2 Å². The van der Waals surface area contributed by atoms with Crippen LogP contribution in [0, 0.1) is 5.82 Å². The van der Waals surface area contributed by atoms with Crippen molar-refractivity contribution < 1.29 is 9.18 Å².